The number of methoxy groups -OCH3 is 1. The number of urea groups is 1. The topological polar surface area (TPSA) is 44.8 Å². The minimum absolute atomic E-state index is 0.0548. The first kappa shape index (κ1) is 16.7. The Morgan fingerprint density at radius 1 is 1.23 bits per heavy atom. The predicted molar refractivity (Wildman–Crippen MR) is 83.1 cm³/mol. The maximum Gasteiger partial charge on any atom is 0.317 e. The summed E-state index contributed by atoms with van der Waals surface area (Å²) < 4.78 is 17.9. The molecule has 0 unspecified atom stereocenters. The van der Waals surface area contributed by atoms with Crippen LogP contribution in [0.4, 0.5) is 9.18 Å². The Bertz CT molecular complexity index is 459. The zero-order valence-corrected chi connectivity index (χ0v) is 13.1. The van der Waals surface area contributed by atoms with Crippen LogP contribution in [0.5, 0.6) is 0 Å². The smallest absolute Gasteiger partial charge is 0.317 e. The van der Waals surface area contributed by atoms with E-state index in [4.69, 9.17) is 4.74 Å². The number of hydrogen-bond acceptors (Lipinski definition) is 3. The molecule has 0 aliphatic carbocycles. The molecule has 1 fully saturated rings. The Hall–Kier alpha value is -1.66. The summed E-state index contributed by atoms with van der Waals surface area (Å²) in [6.45, 7) is 5.48. The number of ether oxygens (including phenoxy) is 1. The van der Waals surface area contributed by atoms with Gasteiger partial charge in [-0.1, -0.05) is 12.1 Å². The Balaban J connectivity index is 1.67. The minimum Gasteiger partial charge on any atom is -0.385 e. The molecule has 1 aromatic carbocycles. The lowest BCUT2D eigenvalue weighted by atomic mass is 10.2. The third-order valence-corrected chi connectivity index (χ3v) is 3.84. The molecule has 0 spiro atoms. The van der Waals surface area contributed by atoms with E-state index in [1.165, 1.54) is 12.1 Å². The highest BCUT2D eigenvalue weighted by atomic mass is 19.1. The molecule has 0 saturated carbocycles. The maximum atomic E-state index is 12.8. The number of rotatable bonds is 6. The lowest BCUT2D eigenvalue weighted by Crippen LogP contribution is -2.51. The van der Waals surface area contributed by atoms with E-state index in [1.807, 2.05) is 4.90 Å². The standard InChI is InChI=1S/C16H24FN3O2/c1-22-12-2-7-19-8-10-20(11-9-19)16(21)18-13-14-3-5-15(17)6-4-14/h3-6H,2,7-13H2,1H3,(H,18,21). The molecule has 1 saturated heterocycles. The molecule has 2 amide bonds. The molecule has 5 nitrogen and oxygen atoms in total. The summed E-state index contributed by atoms with van der Waals surface area (Å²) >= 11 is 0. The largest absolute Gasteiger partial charge is 0.385 e. The van der Waals surface area contributed by atoms with Gasteiger partial charge in [0.2, 0.25) is 0 Å². The number of halogens is 1. The highest BCUT2D eigenvalue weighted by molar-refractivity contribution is 5.74. The van der Waals surface area contributed by atoms with Crippen LogP contribution in [0.3, 0.4) is 0 Å². The number of amides is 2. The van der Waals surface area contributed by atoms with Gasteiger partial charge in [0.1, 0.15) is 5.82 Å². The molecular formula is C16H24FN3O2. The van der Waals surface area contributed by atoms with Crippen LogP contribution in [0, 0.1) is 5.82 Å². The van der Waals surface area contributed by atoms with Crippen molar-refractivity contribution >= 4 is 6.03 Å². The summed E-state index contributed by atoms with van der Waals surface area (Å²) in [4.78, 5) is 16.3. The molecule has 122 valence electrons. The van der Waals surface area contributed by atoms with Crippen LogP contribution in [-0.4, -0.2) is 62.3 Å². The summed E-state index contributed by atoms with van der Waals surface area (Å²) in [6, 6.07) is 6.12. The predicted octanol–water partition coefficient (Wildman–Crippen LogP) is 1.69. The average Bonchev–Trinajstić information content (AvgIpc) is 2.55. The average molecular weight is 309 g/mol. The molecule has 6 heteroatoms. The van der Waals surface area contributed by atoms with Gasteiger partial charge >= 0.3 is 6.03 Å². The molecule has 1 N–H and O–H groups in total. The molecule has 0 radical (unpaired) electrons. The molecular weight excluding hydrogens is 285 g/mol. The van der Waals surface area contributed by atoms with E-state index in [1.54, 1.807) is 19.2 Å². The van der Waals surface area contributed by atoms with Crippen LogP contribution < -0.4 is 5.32 Å². The summed E-state index contributed by atoms with van der Waals surface area (Å²) in [5.41, 5.74) is 0.896. The number of benzene rings is 1. The van der Waals surface area contributed by atoms with E-state index in [0.717, 1.165) is 51.3 Å². The fraction of sp³-hybridized carbons (Fsp3) is 0.562. The summed E-state index contributed by atoms with van der Waals surface area (Å²) in [5, 5.41) is 2.88. The van der Waals surface area contributed by atoms with Crippen molar-refractivity contribution in [2.45, 2.75) is 13.0 Å². The second-order valence-corrected chi connectivity index (χ2v) is 5.46. The zero-order chi connectivity index (χ0) is 15.8. The third kappa shape index (κ3) is 5.27. The highest BCUT2D eigenvalue weighted by Gasteiger charge is 2.20. The fourth-order valence-electron chi connectivity index (χ4n) is 2.50. The van der Waals surface area contributed by atoms with Crippen LogP contribution in [0.1, 0.15) is 12.0 Å². The first-order chi connectivity index (χ1) is 10.7. The Labute approximate surface area is 131 Å². The summed E-state index contributed by atoms with van der Waals surface area (Å²) in [6.07, 6.45) is 1.02. The van der Waals surface area contributed by atoms with E-state index in [9.17, 15) is 9.18 Å². The van der Waals surface area contributed by atoms with Crippen LogP contribution in [-0.2, 0) is 11.3 Å². The van der Waals surface area contributed by atoms with Crippen molar-refractivity contribution in [1.29, 1.82) is 0 Å². The molecule has 0 atom stereocenters. The van der Waals surface area contributed by atoms with Gasteiger partial charge in [-0.05, 0) is 24.1 Å². The van der Waals surface area contributed by atoms with Crippen LogP contribution in [0.2, 0.25) is 0 Å². The molecule has 1 heterocycles. The van der Waals surface area contributed by atoms with Crippen molar-refractivity contribution in [3.05, 3.63) is 35.6 Å². The Kier molecular flexibility index (Phi) is 6.61. The maximum absolute atomic E-state index is 12.8. The monoisotopic (exact) mass is 309 g/mol. The fourth-order valence-corrected chi connectivity index (χ4v) is 2.50. The molecule has 1 aliphatic heterocycles. The molecule has 0 aromatic heterocycles. The van der Waals surface area contributed by atoms with Gasteiger partial charge in [-0.25, -0.2) is 9.18 Å². The van der Waals surface area contributed by atoms with Crippen molar-refractivity contribution in [2.75, 3.05) is 46.4 Å². The van der Waals surface area contributed by atoms with Crippen LogP contribution >= 0.6 is 0 Å². The van der Waals surface area contributed by atoms with Gasteiger partial charge in [0.25, 0.3) is 0 Å². The zero-order valence-electron chi connectivity index (χ0n) is 13.1. The van der Waals surface area contributed by atoms with Crippen molar-refractivity contribution in [1.82, 2.24) is 15.1 Å². The molecule has 22 heavy (non-hydrogen) atoms. The number of nitrogens with one attached hydrogen (secondary N) is 1. The number of carbonyl (C=O) groups is 1. The van der Waals surface area contributed by atoms with Gasteiger partial charge in [-0.2, -0.15) is 0 Å². The molecule has 1 aliphatic rings. The minimum atomic E-state index is -0.264. The molecule has 0 bridgehead atoms. The lowest BCUT2D eigenvalue weighted by molar-refractivity contribution is 0.125. The number of hydrogen-bond donors (Lipinski definition) is 1. The molecule has 2 rings (SSSR count). The molecule has 1 aromatic rings. The van der Waals surface area contributed by atoms with Gasteiger partial charge in [0.15, 0.2) is 0 Å². The van der Waals surface area contributed by atoms with E-state index in [0.29, 0.717) is 6.54 Å². The van der Waals surface area contributed by atoms with Gasteiger partial charge in [0, 0.05) is 53.0 Å². The van der Waals surface area contributed by atoms with Crippen molar-refractivity contribution in [3.63, 3.8) is 0 Å². The van der Waals surface area contributed by atoms with Gasteiger partial charge in [-0.15, -0.1) is 0 Å². The first-order valence-corrected chi connectivity index (χ1v) is 7.67. The SMILES string of the molecule is COCCCN1CCN(C(=O)NCc2ccc(F)cc2)CC1. The Morgan fingerprint density at radius 3 is 2.55 bits per heavy atom. The van der Waals surface area contributed by atoms with Gasteiger partial charge < -0.3 is 15.0 Å². The van der Waals surface area contributed by atoms with Crippen molar-refractivity contribution < 1.29 is 13.9 Å². The van der Waals surface area contributed by atoms with Crippen LogP contribution in [0.25, 0.3) is 0 Å². The second-order valence-electron chi connectivity index (χ2n) is 5.46. The third-order valence-electron chi connectivity index (χ3n) is 3.84. The van der Waals surface area contributed by atoms with E-state index in [2.05, 4.69) is 10.2 Å². The normalized spacial score (nSPS) is 15.8. The second kappa shape index (κ2) is 8.70. The quantitative estimate of drug-likeness (QED) is 0.813. The Morgan fingerprint density at radius 2 is 1.91 bits per heavy atom. The van der Waals surface area contributed by atoms with Crippen molar-refractivity contribution in [2.24, 2.45) is 0 Å². The van der Waals surface area contributed by atoms with Crippen LogP contribution in [0.15, 0.2) is 24.3 Å². The van der Waals surface area contributed by atoms with Gasteiger partial charge in [0.05, 0.1) is 0 Å². The first-order valence-electron chi connectivity index (χ1n) is 7.67. The highest BCUT2D eigenvalue weighted by Crippen LogP contribution is 2.05. The number of nitrogens with zero attached hydrogens (tertiary/aromatic N) is 2. The number of carbonyl (C=O) groups excluding carboxylic acids is 1. The van der Waals surface area contributed by atoms with Crippen molar-refractivity contribution in [3.8, 4) is 0 Å². The van der Waals surface area contributed by atoms with Gasteiger partial charge in [-0.3, -0.25) is 4.90 Å². The van der Waals surface area contributed by atoms with E-state index >= 15 is 0 Å². The summed E-state index contributed by atoms with van der Waals surface area (Å²) in [5.74, 6) is -0.264. The van der Waals surface area contributed by atoms with E-state index in [-0.39, 0.29) is 11.8 Å². The number of piperazine rings is 1. The summed E-state index contributed by atoms with van der Waals surface area (Å²) in [7, 11) is 1.71. The lowest BCUT2D eigenvalue weighted by Gasteiger charge is -2.34. The van der Waals surface area contributed by atoms with E-state index < -0.39 is 0 Å².